The van der Waals surface area contributed by atoms with Gasteiger partial charge in [-0.2, -0.15) is 0 Å². The first kappa shape index (κ1) is 18.5. The molecule has 0 aliphatic heterocycles. The van der Waals surface area contributed by atoms with Crippen LogP contribution in [0.2, 0.25) is 10.0 Å². The zero-order valence-electron chi connectivity index (χ0n) is 10.3. The van der Waals surface area contributed by atoms with Crippen molar-refractivity contribution in [2.45, 2.75) is 23.8 Å². The van der Waals surface area contributed by atoms with Gasteiger partial charge in [0.25, 0.3) is 0 Å². The molecule has 0 bridgehead atoms. The van der Waals surface area contributed by atoms with Gasteiger partial charge >= 0.3 is 0 Å². The van der Waals surface area contributed by atoms with Crippen molar-refractivity contribution < 1.29 is 8.42 Å². The smallest absolute Gasteiger partial charge is 0.242 e. The highest BCUT2D eigenvalue weighted by Gasteiger charge is 2.34. The fourth-order valence-corrected chi connectivity index (χ4v) is 4.39. The van der Waals surface area contributed by atoms with E-state index in [2.05, 4.69) is 20.7 Å². The predicted molar refractivity (Wildman–Crippen MR) is 87.3 cm³/mol. The molecule has 3 N–H and O–H groups in total. The number of hydrogen-bond acceptors (Lipinski definition) is 3. The molecule has 1 saturated carbocycles. The first-order valence-electron chi connectivity index (χ1n) is 5.72. The van der Waals surface area contributed by atoms with E-state index < -0.39 is 10.0 Å². The summed E-state index contributed by atoms with van der Waals surface area (Å²) in [6, 6.07) is 2.56. The largest absolute Gasteiger partial charge is 0.329 e. The van der Waals surface area contributed by atoms with Crippen LogP contribution in [0.1, 0.15) is 12.8 Å². The van der Waals surface area contributed by atoms with E-state index in [9.17, 15) is 8.42 Å². The third-order valence-electron chi connectivity index (χ3n) is 3.02. The van der Waals surface area contributed by atoms with Crippen molar-refractivity contribution in [1.29, 1.82) is 0 Å². The molecule has 0 spiro atoms. The van der Waals surface area contributed by atoms with Crippen molar-refractivity contribution in [2.24, 2.45) is 11.7 Å². The normalized spacial score (nSPS) is 16.6. The van der Waals surface area contributed by atoms with Gasteiger partial charge in [-0.05, 0) is 46.8 Å². The fourth-order valence-electron chi connectivity index (χ4n) is 1.81. The van der Waals surface area contributed by atoms with Crippen LogP contribution < -0.4 is 10.5 Å². The summed E-state index contributed by atoms with van der Waals surface area (Å²) >= 11 is 15.0. The van der Waals surface area contributed by atoms with E-state index in [1.807, 2.05) is 0 Å². The van der Waals surface area contributed by atoms with Crippen LogP contribution in [0.5, 0.6) is 0 Å². The van der Waals surface area contributed by atoms with Crippen molar-refractivity contribution in [3.63, 3.8) is 0 Å². The van der Waals surface area contributed by atoms with Crippen molar-refractivity contribution in [3.05, 3.63) is 26.7 Å². The Hall–Kier alpha value is 0.440. The molecule has 114 valence electrons. The first-order valence-corrected chi connectivity index (χ1v) is 8.75. The van der Waals surface area contributed by atoms with E-state index in [4.69, 9.17) is 28.9 Å². The van der Waals surface area contributed by atoms with E-state index >= 15 is 0 Å². The minimum atomic E-state index is -3.70. The zero-order valence-corrected chi connectivity index (χ0v) is 15.0. The molecule has 4 nitrogen and oxygen atoms in total. The highest BCUT2D eigenvalue weighted by Crippen LogP contribution is 2.35. The monoisotopic (exact) mass is 422 g/mol. The summed E-state index contributed by atoms with van der Waals surface area (Å²) < 4.78 is 27.7. The lowest BCUT2D eigenvalue weighted by molar-refractivity contribution is 0.519. The average Bonchev–Trinajstić information content (AvgIpc) is 3.14. The van der Waals surface area contributed by atoms with Crippen LogP contribution in [-0.2, 0) is 10.0 Å². The highest BCUT2D eigenvalue weighted by molar-refractivity contribution is 9.10. The van der Waals surface area contributed by atoms with Gasteiger partial charge in [-0.15, -0.1) is 12.4 Å². The lowest BCUT2D eigenvalue weighted by Crippen LogP contribution is -2.41. The molecule has 1 aromatic rings. The van der Waals surface area contributed by atoms with Crippen molar-refractivity contribution in [1.82, 2.24) is 4.72 Å². The second-order valence-corrected chi connectivity index (χ2v) is 7.85. The lowest BCUT2D eigenvalue weighted by atomic mass is 10.2. The third kappa shape index (κ3) is 4.22. The topological polar surface area (TPSA) is 72.2 Å². The zero-order chi connectivity index (χ0) is 14.2. The molecule has 0 heterocycles. The van der Waals surface area contributed by atoms with Gasteiger partial charge < -0.3 is 5.73 Å². The number of hydrogen-bond donors (Lipinski definition) is 2. The molecule has 0 amide bonds. The molecular weight excluding hydrogens is 410 g/mol. The van der Waals surface area contributed by atoms with E-state index in [1.54, 1.807) is 0 Å². The van der Waals surface area contributed by atoms with Crippen molar-refractivity contribution in [3.8, 4) is 0 Å². The molecule has 1 aliphatic rings. The molecule has 1 fully saturated rings. The van der Waals surface area contributed by atoms with Gasteiger partial charge in [0, 0.05) is 17.1 Å². The standard InChI is InChI=1S/C11H13BrCl2N2O2S.ClH/c12-7-3-11(9(14)4-8(7)13)19(17,18)16-10(5-15)6-1-2-6;/h3-4,6,10,16H,1-2,5,15H2;1H. The van der Waals surface area contributed by atoms with Gasteiger partial charge in [0.2, 0.25) is 10.0 Å². The number of halogens is 4. The van der Waals surface area contributed by atoms with Crippen LogP contribution >= 0.6 is 51.5 Å². The predicted octanol–water partition coefficient (Wildman–Crippen LogP) is 3.19. The number of nitrogens with two attached hydrogens (primary N) is 1. The van der Waals surface area contributed by atoms with E-state index in [-0.39, 0.29) is 34.9 Å². The Morgan fingerprint density at radius 3 is 2.45 bits per heavy atom. The second kappa shape index (κ2) is 7.13. The Bertz CT molecular complexity index is 594. The molecule has 2 rings (SSSR count). The molecule has 1 atom stereocenters. The SMILES string of the molecule is Cl.NCC(NS(=O)(=O)c1cc(Br)c(Cl)cc1Cl)C1CC1. The van der Waals surface area contributed by atoms with Gasteiger partial charge in [0.1, 0.15) is 4.90 Å². The van der Waals surface area contributed by atoms with Crippen molar-refractivity contribution in [2.75, 3.05) is 6.54 Å². The Balaban J connectivity index is 0.00000200. The van der Waals surface area contributed by atoms with Gasteiger partial charge in [0.15, 0.2) is 0 Å². The number of benzene rings is 1. The van der Waals surface area contributed by atoms with Crippen LogP contribution in [0.4, 0.5) is 0 Å². The second-order valence-electron chi connectivity index (χ2n) is 4.50. The molecule has 1 aliphatic carbocycles. The summed E-state index contributed by atoms with van der Waals surface area (Å²) in [7, 11) is -3.70. The highest BCUT2D eigenvalue weighted by atomic mass is 79.9. The van der Waals surface area contributed by atoms with Crippen LogP contribution in [0, 0.1) is 5.92 Å². The molecule has 20 heavy (non-hydrogen) atoms. The molecule has 0 saturated heterocycles. The van der Waals surface area contributed by atoms with Gasteiger partial charge in [0.05, 0.1) is 10.0 Å². The van der Waals surface area contributed by atoms with Crippen LogP contribution in [-0.4, -0.2) is 21.0 Å². The Kier molecular flexibility index (Phi) is 6.59. The summed E-state index contributed by atoms with van der Waals surface area (Å²) in [6.07, 6.45) is 2.00. The number of sulfonamides is 1. The maximum atomic E-state index is 12.3. The van der Waals surface area contributed by atoms with E-state index in [1.165, 1.54) is 12.1 Å². The Labute approximate surface area is 143 Å². The maximum Gasteiger partial charge on any atom is 0.242 e. The fraction of sp³-hybridized carbons (Fsp3) is 0.455. The minimum absolute atomic E-state index is 0. The van der Waals surface area contributed by atoms with Crippen LogP contribution in [0.15, 0.2) is 21.5 Å². The lowest BCUT2D eigenvalue weighted by Gasteiger charge is -2.17. The van der Waals surface area contributed by atoms with E-state index in [0.29, 0.717) is 15.4 Å². The third-order valence-corrected chi connectivity index (χ3v) is 6.17. The van der Waals surface area contributed by atoms with Crippen LogP contribution in [0.3, 0.4) is 0 Å². The molecule has 0 aromatic heterocycles. The molecule has 1 aromatic carbocycles. The molecule has 1 unspecified atom stereocenters. The van der Waals surface area contributed by atoms with Gasteiger partial charge in [-0.1, -0.05) is 23.2 Å². The molecular formula is C11H14BrCl3N2O2S. The van der Waals surface area contributed by atoms with Gasteiger partial charge in [-0.3, -0.25) is 0 Å². The van der Waals surface area contributed by atoms with Gasteiger partial charge in [-0.25, -0.2) is 13.1 Å². The number of rotatable bonds is 5. The summed E-state index contributed by atoms with van der Waals surface area (Å²) in [5.41, 5.74) is 5.60. The van der Waals surface area contributed by atoms with Crippen molar-refractivity contribution >= 4 is 61.6 Å². The summed E-state index contributed by atoms with van der Waals surface area (Å²) in [5.74, 6) is 0.328. The Morgan fingerprint density at radius 2 is 1.95 bits per heavy atom. The minimum Gasteiger partial charge on any atom is -0.329 e. The molecule has 9 heteroatoms. The summed E-state index contributed by atoms with van der Waals surface area (Å²) in [5, 5.41) is 0.453. The summed E-state index contributed by atoms with van der Waals surface area (Å²) in [4.78, 5) is 0.00421. The summed E-state index contributed by atoms with van der Waals surface area (Å²) in [6.45, 7) is 0.274. The van der Waals surface area contributed by atoms with E-state index in [0.717, 1.165) is 12.8 Å². The maximum absolute atomic E-state index is 12.3. The Morgan fingerprint density at radius 1 is 1.35 bits per heavy atom. The molecule has 0 radical (unpaired) electrons. The first-order chi connectivity index (χ1) is 8.85. The van der Waals surface area contributed by atoms with Crippen LogP contribution in [0.25, 0.3) is 0 Å². The quantitative estimate of drug-likeness (QED) is 0.713. The average molecular weight is 425 g/mol. The number of nitrogens with one attached hydrogen (secondary N) is 1.